The van der Waals surface area contributed by atoms with Gasteiger partial charge in [-0.1, -0.05) is 18.2 Å². The quantitative estimate of drug-likeness (QED) is 0.694. The molecule has 0 radical (unpaired) electrons. The molecular formula is C17H19BrN4O. The molecular weight excluding hydrogens is 356 g/mol. The third-order valence-electron chi connectivity index (χ3n) is 3.95. The maximum atomic E-state index is 12.1. The largest absolute Gasteiger partial charge is 0.361 e. The van der Waals surface area contributed by atoms with Gasteiger partial charge in [0, 0.05) is 30.1 Å². The van der Waals surface area contributed by atoms with Crippen molar-refractivity contribution < 1.29 is 4.79 Å². The minimum Gasteiger partial charge on any atom is -0.361 e. The Labute approximate surface area is 143 Å². The van der Waals surface area contributed by atoms with Gasteiger partial charge < -0.3 is 10.3 Å². The summed E-state index contributed by atoms with van der Waals surface area (Å²) in [6.07, 6.45) is 4.95. The number of nitrogens with zero attached hydrogens (tertiary/aromatic N) is 2. The Kier molecular flexibility index (Phi) is 4.81. The molecule has 2 N–H and O–H groups in total. The summed E-state index contributed by atoms with van der Waals surface area (Å²) in [6, 6.07) is 8.14. The zero-order chi connectivity index (χ0) is 16.2. The van der Waals surface area contributed by atoms with Crippen molar-refractivity contribution in [2.24, 2.45) is 0 Å². The normalized spacial score (nSPS) is 11.0. The molecule has 2 heterocycles. The van der Waals surface area contributed by atoms with E-state index < -0.39 is 0 Å². The summed E-state index contributed by atoms with van der Waals surface area (Å²) in [5, 5.41) is 8.41. The van der Waals surface area contributed by atoms with Crippen LogP contribution in [0.5, 0.6) is 0 Å². The van der Waals surface area contributed by atoms with Crippen LogP contribution in [0.25, 0.3) is 10.9 Å². The Morgan fingerprint density at radius 3 is 3.04 bits per heavy atom. The molecule has 0 bridgehead atoms. The number of para-hydroxylation sites is 1. The second-order valence-corrected chi connectivity index (χ2v) is 6.25. The second-order valence-electron chi connectivity index (χ2n) is 5.39. The number of benzene rings is 1. The highest BCUT2D eigenvalue weighted by molar-refractivity contribution is 9.10. The van der Waals surface area contributed by atoms with E-state index in [0.29, 0.717) is 13.0 Å². The van der Waals surface area contributed by atoms with Gasteiger partial charge in [0.25, 0.3) is 0 Å². The number of aromatic nitrogens is 3. The van der Waals surface area contributed by atoms with E-state index in [4.69, 9.17) is 0 Å². The molecule has 23 heavy (non-hydrogen) atoms. The number of H-pyrrole nitrogens is 1. The number of aryl methyl sites for hydroxylation is 2. The van der Waals surface area contributed by atoms with Gasteiger partial charge in [-0.2, -0.15) is 5.10 Å². The third-order valence-corrected chi connectivity index (χ3v) is 4.61. The Hall–Kier alpha value is -2.08. The SMILES string of the molecule is CCn1ncc(Br)c1CNC(=O)CCc1c[nH]c2ccccc12. The average molecular weight is 375 g/mol. The molecule has 0 atom stereocenters. The summed E-state index contributed by atoms with van der Waals surface area (Å²) in [5.74, 6) is 0.0473. The fourth-order valence-corrected chi connectivity index (χ4v) is 3.13. The van der Waals surface area contributed by atoms with Crippen LogP contribution in [0.2, 0.25) is 0 Å². The first-order valence-corrected chi connectivity index (χ1v) is 8.50. The van der Waals surface area contributed by atoms with E-state index in [1.807, 2.05) is 36.0 Å². The van der Waals surface area contributed by atoms with Crippen LogP contribution in [-0.4, -0.2) is 20.7 Å². The minimum absolute atomic E-state index is 0.0473. The van der Waals surface area contributed by atoms with Gasteiger partial charge in [0.1, 0.15) is 0 Å². The maximum Gasteiger partial charge on any atom is 0.220 e. The molecule has 3 aromatic rings. The highest BCUT2D eigenvalue weighted by Gasteiger charge is 2.10. The van der Waals surface area contributed by atoms with Gasteiger partial charge in [-0.25, -0.2) is 0 Å². The molecule has 5 nitrogen and oxygen atoms in total. The molecule has 0 spiro atoms. The molecule has 2 aromatic heterocycles. The molecule has 1 amide bonds. The average Bonchev–Trinajstić information content (AvgIpc) is 3.14. The summed E-state index contributed by atoms with van der Waals surface area (Å²) in [6.45, 7) is 3.30. The molecule has 6 heteroatoms. The van der Waals surface area contributed by atoms with Gasteiger partial charge in [0.05, 0.1) is 22.9 Å². The summed E-state index contributed by atoms with van der Waals surface area (Å²) in [5.41, 5.74) is 3.28. The van der Waals surface area contributed by atoms with Crippen molar-refractivity contribution in [3.63, 3.8) is 0 Å². The summed E-state index contributed by atoms with van der Waals surface area (Å²) >= 11 is 3.47. The van der Waals surface area contributed by atoms with E-state index in [1.54, 1.807) is 6.20 Å². The molecule has 120 valence electrons. The first-order valence-electron chi connectivity index (χ1n) is 7.71. The summed E-state index contributed by atoms with van der Waals surface area (Å²) in [4.78, 5) is 15.4. The van der Waals surface area contributed by atoms with Crippen LogP contribution in [-0.2, 0) is 24.3 Å². The standard InChI is InChI=1S/C17H19BrN4O/c1-2-22-16(14(18)10-21-22)11-20-17(23)8-7-12-9-19-15-6-4-3-5-13(12)15/h3-6,9-10,19H,2,7-8,11H2,1H3,(H,20,23). The smallest absolute Gasteiger partial charge is 0.220 e. The number of aromatic amines is 1. The molecule has 0 fully saturated rings. The van der Waals surface area contributed by atoms with Gasteiger partial charge in [0.15, 0.2) is 0 Å². The van der Waals surface area contributed by atoms with Crippen LogP contribution >= 0.6 is 15.9 Å². The van der Waals surface area contributed by atoms with Crippen LogP contribution < -0.4 is 5.32 Å². The minimum atomic E-state index is 0.0473. The topological polar surface area (TPSA) is 62.7 Å². The van der Waals surface area contributed by atoms with Crippen LogP contribution in [0.4, 0.5) is 0 Å². The number of nitrogens with one attached hydrogen (secondary N) is 2. The molecule has 0 unspecified atom stereocenters. The van der Waals surface area contributed by atoms with Gasteiger partial charge in [0.2, 0.25) is 5.91 Å². The highest BCUT2D eigenvalue weighted by Crippen LogP contribution is 2.19. The molecule has 0 saturated heterocycles. The van der Waals surface area contributed by atoms with Crippen molar-refractivity contribution in [2.45, 2.75) is 32.9 Å². The van der Waals surface area contributed by atoms with E-state index >= 15 is 0 Å². The van der Waals surface area contributed by atoms with E-state index in [9.17, 15) is 4.79 Å². The Morgan fingerprint density at radius 2 is 2.22 bits per heavy atom. The van der Waals surface area contributed by atoms with Crippen molar-refractivity contribution in [3.8, 4) is 0 Å². The lowest BCUT2D eigenvalue weighted by atomic mass is 10.1. The fourth-order valence-electron chi connectivity index (χ4n) is 2.69. The zero-order valence-electron chi connectivity index (χ0n) is 13.0. The van der Waals surface area contributed by atoms with Crippen molar-refractivity contribution in [2.75, 3.05) is 0 Å². The van der Waals surface area contributed by atoms with Gasteiger partial charge >= 0.3 is 0 Å². The first kappa shape index (κ1) is 15.8. The molecule has 1 aromatic carbocycles. The van der Waals surface area contributed by atoms with Gasteiger partial charge in [-0.15, -0.1) is 0 Å². The lowest BCUT2D eigenvalue weighted by Crippen LogP contribution is -2.24. The number of hydrogen-bond donors (Lipinski definition) is 2. The number of hydrogen-bond acceptors (Lipinski definition) is 2. The van der Waals surface area contributed by atoms with Crippen molar-refractivity contribution in [3.05, 3.63) is 52.4 Å². The van der Waals surface area contributed by atoms with Crippen LogP contribution in [0.3, 0.4) is 0 Å². The zero-order valence-corrected chi connectivity index (χ0v) is 14.6. The van der Waals surface area contributed by atoms with Crippen LogP contribution in [0.15, 0.2) is 41.1 Å². The number of fused-ring (bicyclic) bond motifs is 1. The van der Waals surface area contributed by atoms with Gasteiger partial charge in [-0.05, 0) is 40.9 Å². The van der Waals surface area contributed by atoms with Crippen LogP contribution in [0.1, 0.15) is 24.6 Å². The summed E-state index contributed by atoms with van der Waals surface area (Å²) in [7, 11) is 0. The van der Waals surface area contributed by atoms with E-state index in [0.717, 1.165) is 28.6 Å². The maximum absolute atomic E-state index is 12.1. The predicted molar refractivity (Wildman–Crippen MR) is 94.1 cm³/mol. The van der Waals surface area contributed by atoms with E-state index in [2.05, 4.69) is 37.4 Å². The lowest BCUT2D eigenvalue weighted by Gasteiger charge is -2.08. The Balaban J connectivity index is 1.57. The molecule has 3 rings (SSSR count). The highest BCUT2D eigenvalue weighted by atomic mass is 79.9. The lowest BCUT2D eigenvalue weighted by molar-refractivity contribution is -0.121. The van der Waals surface area contributed by atoms with E-state index in [1.165, 1.54) is 10.9 Å². The van der Waals surface area contributed by atoms with Crippen molar-refractivity contribution in [1.82, 2.24) is 20.1 Å². The molecule has 0 saturated carbocycles. The summed E-state index contributed by atoms with van der Waals surface area (Å²) < 4.78 is 2.81. The number of amides is 1. The van der Waals surface area contributed by atoms with Crippen molar-refractivity contribution >= 4 is 32.7 Å². The fraction of sp³-hybridized carbons (Fsp3) is 0.294. The predicted octanol–water partition coefficient (Wildman–Crippen LogP) is 3.40. The molecule has 0 aliphatic rings. The number of halogens is 1. The van der Waals surface area contributed by atoms with Crippen LogP contribution in [0, 0.1) is 0 Å². The number of carbonyl (C=O) groups excluding carboxylic acids is 1. The first-order chi connectivity index (χ1) is 11.2. The Morgan fingerprint density at radius 1 is 1.39 bits per heavy atom. The molecule has 0 aliphatic carbocycles. The van der Waals surface area contributed by atoms with Crippen molar-refractivity contribution in [1.29, 1.82) is 0 Å². The molecule has 0 aliphatic heterocycles. The Bertz CT molecular complexity index is 821. The second kappa shape index (κ2) is 7.00. The third kappa shape index (κ3) is 3.47. The van der Waals surface area contributed by atoms with E-state index in [-0.39, 0.29) is 5.91 Å². The number of carbonyl (C=O) groups is 1. The number of rotatable bonds is 6. The monoisotopic (exact) mass is 374 g/mol. The van der Waals surface area contributed by atoms with Gasteiger partial charge in [-0.3, -0.25) is 9.48 Å².